The van der Waals surface area contributed by atoms with Gasteiger partial charge in [0.05, 0.1) is 5.69 Å². The number of nitrogens with one attached hydrogen (secondary N) is 1. The molecule has 5 nitrogen and oxygen atoms in total. The number of benzene rings is 2. The van der Waals surface area contributed by atoms with Crippen LogP contribution in [0.2, 0.25) is 5.02 Å². The van der Waals surface area contributed by atoms with E-state index in [9.17, 15) is 4.79 Å². The quantitative estimate of drug-likeness (QED) is 0.720. The van der Waals surface area contributed by atoms with Gasteiger partial charge in [0, 0.05) is 21.7 Å². The van der Waals surface area contributed by atoms with Crippen LogP contribution in [0.5, 0.6) is 5.75 Å². The number of thiazole rings is 1. The van der Waals surface area contributed by atoms with Crippen molar-refractivity contribution in [3.63, 3.8) is 0 Å². The molecule has 0 unspecified atom stereocenters. The molecule has 3 rings (SSSR count). The molecular weight excluding hydrogens is 346 g/mol. The van der Waals surface area contributed by atoms with E-state index in [1.54, 1.807) is 30.3 Å². The number of hydrogen-bond donors (Lipinski definition) is 2. The molecule has 0 aliphatic rings. The third-order valence-corrected chi connectivity index (χ3v) is 4.04. The zero-order chi connectivity index (χ0) is 16.9. The van der Waals surface area contributed by atoms with Crippen LogP contribution in [0.1, 0.15) is 0 Å². The maximum Gasteiger partial charge on any atom is 0.262 e. The molecule has 1 amide bonds. The van der Waals surface area contributed by atoms with E-state index in [4.69, 9.17) is 22.1 Å². The second-order valence-electron chi connectivity index (χ2n) is 4.95. The number of nitrogens with zero attached hydrogens (tertiary/aromatic N) is 1. The van der Waals surface area contributed by atoms with E-state index in [1.165, 1.54) is 11.3 Å². The Balaban J connectivity index is 1.61. The van der Waals surface area contributed by atoms with Crippen LogP contribution in [0.25, 0.3) is 11.3 Å². The van der Waals surface area contributed by atoms with Gasteiger partial charge in [-0.3, -0.25) is 4.79 Å². The van der Waals surface area contributed by atoms with Gasteiger partial charge in [-0.25, -0.2) is 4.98 Å². The van der Waals surface area contributed by atoms with Gasteiger partial charge in [-0.15, -0.1) is 11.3 Å². The molecule has 0 spiro atoms. The molecule has 0 bridgehead atoms. The minimum Gasteiger partial charge on any atom is -0.484 e. The van der Waals surface area contributed by atoms with Crippen LogP contribution in [-0.4, -0.2) is 17.5 Å². The maximum atomic E-state index is 11.9. The van der Waals surface area contributed by atoms with Gasteiger partial charge in [-0.05, 0) is 30.3 Å². The average molecular weight is 360 g/mol. The Morgan fingerprint density at radius 3 is 2.83 bits per heavy atom. The van der Waals surface area contributed by atoms with E-state index in [0.29, 0.717) is 21.6 Å². The normalized spacial score (nSPS) is 10.4. The summed E-state index contributed by atoms with van der Waals surface area (Å²) < 4.78 is 5.54. The number of carbonyl (C=O) groups excluding carboxylic acids is 1. The standard InChI is InChI=1S/C17H14ClN3O2S/c18-12-4-2-5-13(8-12)20-16(22)9-23-14-6-1-3-11(7-14)15-10-24-17(19)21-15/h1-8,10H,9H2,(H2,19,21)(H,20,22). The summed E-state index contributed by atoms with van der Waals surface area (Å²) in [6.45, 7) is -0.102. The van der Waals surface area contributed by atoms with Crippen LogP contribution >= 0.6 is 22.9 Å². The lowest BCUT2D eigenvalue weighted by atomic mass is 10.2. The first-order chi connectivity index (χ1) is 11.6. The van der Waals surface area contributed by atoms with E-state index < -0.39 is 0 Å². The van der Waals surface area contributed by atoms with Gasteiger partial charge in [-0.1, -0.05) is 29.8 Å². The van der Waals surface area contributed by atoms with Crippen molar-refractivity contribution in [1.29, 1.82) is 0 Å². The van der Waals surface area contributed by atoms with Gasteiger partial charge in [0.15, 0.2) is 11.7 Å². The van der Waals surface area contributed by atoms with Gasteiger partial charge < -0.3 is 15.8 Å². The molecule has 0 fully saturated rings. The maximum absolute atomic E-state index is 11.9. The van der Waals surface area contributed by atoms with Gasteiger partial charge in [0.1, 0.15) is 5.75 Å². The Morgan fingerprint density at radius 2 is 2.08 bits per heavy atom. The molecule has 0 saturated carbocycles. The fourth-order valence-corrected chi connectivity index (χ4v) is 2.84. The van der Waals surface area contributed by atoms with Gasteiger partial charge in [0.25, 0.3) is 5.91 Å². The highest BCUT2D eigenvalue weighted by atomic mass is 35.5. The lowest BCUT2D eigenvalue weighted by Crippen LogP contribution is -2.20. The predicted molar refractivity (Wildman–Crippen MR) is 97.5 cm³/mol. The summed E-state index contributed by atoms with van der Waals surface area (Å²) in [5.74, 6) is 0.320. The largest absolute Gasteiger partial charge is 0.484 e. The first-order valence-electron chi connectivity index (χ1n) is 7.10. The Labute approximate surface area is 148 Å². The van der Waals surface area contributed by atoms with Crippen molar-refractivity contribution in [3.8, 4) is 17.0 Å². The smallest absolute Gasteiger partial charge is 0.262 e. The van der Waals surface area contributed by atoms with E-state index in [1.807, 2.05) is 23.6 Å². The molecule has 122 valence electrons. The molecule has 3 N–H and O–H groups in total. The Kier molecular flexibility index (Phi) is 4.98. The Bertz CT molecular complexity index is 866. The zero-order valence-corrected chi connectivity index (χ0v) is 14.1. The highest BCUT2D eigenvalue weighted by molar-refractivity contribution is 7.13. The van der Waals surface area contributed by atoms with E-state index >= 15 is 0 Å². The molecule has 0 saturated heterocycles. The SMILES string of the molecule is Nc1nc(-c2cccc(OCC(=O)Nc3cccc(Cl)c3)c2)cs1. The number of nitrogen functional groups attached to an aromatic ring is 1. The van der Waals surface area contributed by atoms with Crippen molar-refractivity contribution in [2.24, 2.45) is 0 Å². The van der Waals surface area contributed by atoms with Crippen molar-refractivity contribution in [2.45, 2.75) is 0 Å². The monoisotopic (exact) mass is 359 g/mol. The fraction of sp³-hybridized carbons (Fsp3) is 0.0588. The second kappa shape index (κ2) is 7.33. The van der Waals surface area contributed by atoms with Crippen molar-refractivity contribution < 1.29 is 9.53 Å². The number of rotatable bonds is 5. The molecule has 0 radical (unpaired) electrons. The third-order valence-electron chi connectivity index (χ3n) is 3.13. The van der Waals surface area contributed by atoms with Crippen molar-refractivity contribution in [3.05, 3.63) is 58.9 Å². The molecule has 24 heavy (non-hydrogen) atoms. The topological polar surface area (TPSA) is 77.2 Å². The lowest BCUT2D eigenvalue weighted by molar-refractivity contribution is -0.118. The summed E-state index contributed by atoms with van der Waals surface area (Å²) in [5, 5.41) is 5.67. The third kappa shape index (κ3) is 4.24. The van der Waals surface area contributed by atoms with Crippen molar-refractivity contribution >= 4 is 39.7 Å². The number of hydrogen-bond acceptors (Lipinski definition) is 5. The van der Waals surface area contributed by atoms with Crippen LogP contribution in [0.4, 0.5) is 10.8 Å². The van der Waals surface area contributed by atoms with Crippen LogP contribution in [0.3, 0.4) is 0 Å². The van der Waals surface area contributed by atoms with Gasteiger partial charge >= 0.3 is 0 Å². The average Bonchev–Trinajstić information content (AvgIpc) is 3.00. The summed E-state index contributed by atoms with van der Waals surface area (Å²) in [6.07, 6.45) is 0. The molecule has 0 aliphatic carbocycles. The first-order valence-corrected chi connectivity index (χ1v) is 8.35. The summed E-state index contributed by atoms with van der Waals surface area (Å²) in [4.78, 5) is 16.2. The van der Waals surface area contributed by atoms with E-state index in [2.05, 4.69) is 10.3 Å². The molecule has 3 aromatic rings. The number of halogens is 1. The van der Waals surface area contributed by atoms with Crippen LogP contribution in [0.15, 0.2) is 53.9 Å². The number of anilines is 2. The molecule has 1 aromatic heterocycles. The molecule has 7 heteroatoms. The number of aromatic nitrogens is 1. The van der Waals surface area contributed by atoms with Crippen LogP contribution in [0, 0.1) is 0 Å². The van der Waals surface area contributed by atoms with Crippen molar-refractivity contribution in [1.82, 2.24) is 4.98 Å². The Hall–Kier alpha value is -2.57. The van der Waals surface area contributed by atoms with Crippen LogP contribution < -0.4 is 15.8 Å². The molecular formula is C17H14ClN3O2S. The van der Waals surface area contributed by atoms with Gasteiger partial charge in [0.2, 0.25) is 0 Å². The second-order valence-corrected chi connectivity index (χ2v) is 6.27. The van der Waals surface area contributed by atoms with Crippen molar-refractivity contribution in [2.75, 3.05) is 17.7 Å². The van der Waals surface area contributed by atoms with E-state index in [-0.39, 0.29) is 12.5 Å². The lowest BCUT2D eigenvalue weighted by Gasteiger charge is -2.08. The fourth-order valence-electron chi connectivity index (χ4n) is 2.08. The highest BCUT2D eigenvalue weighted by Crippen LogP contribution is 2.26. The molecule has 2 aromatic carbocycles. The van der Waals surface area contributed by atoms with Gasteiger partial charge in [-0.2, -0.15) is 0 Å². The predicted octanol–water partition coefficient (Wildman–Crippen LogP) is 4.06. The first kappa shape index (κ1) is 16.3. The molecule has 1 heterocycles. The summed E-state index contributed by atoms with van der Waals surface area (Å²) in [5.41, 5.74) is 7.95. The summed E-state index contributed by atoms with van der Waals surface area (Å²) in [7, 11) is 0. The minimum absolute atomic E-state index is 0.102. The number of amides is 1. The zero-order valence-electron chi connectivity index (χ0n) is 12.5. The van der Waals surface area contributed by atoms with Crippen LogP contribution in [-0.2, 0) is 4.79 Å². The Morgan fingerprint density at radius 1 is 1.25 bits per heavy atom. The molecule has 0 atom stereocenters. The molecule has 0 aliphatic heterocycles. The minimum atomic E-state index is -0.263. The number of carbonyl (C=O) groups is 1. The van der Waals surface area contributed by atoms with E-state index in [0.717, 1.165) is 11.3 Å². The summed E-state index contributed by atoms with van der Waals surface area (Å²) in [6, 6.07) is 14.3. The number of nitrogens with two attached hydrogens (primary N) is 1. The highest BCUT2D eigenvalue weighted by Gasteiger charge is 2.07. The number of ether oxygens (including phenoxy) is 1. The summed E-state index contributed by atoms with van der Waals surface area (Å²) >= 11 is 7.26.